The Balaban J connectivity index is 2.92. The molecule has 0 aliphatic heterocycles. The highest BCUT2D eigenvalue weighted by Gasteiger charge is 2.13. The van der Waals surface area contributed by atoms with Crippen molar-refractivity contribution < 1.29 is 14.6 Å². The number of aryl methyl sites for hydroxylation is 1. The lowest BCUT2D eigenvalue weighted by Crippen LogP contribution is -2.05. The Morgan fingerprint density at radius 3 is 2.53 bits per heavy atom. The molecule has 2 atom stereocenters. The van der Waals surface area contributed by atoms with Crippen LogP contribution in [0.4, 0.5) is 4.39 Å². The van der Waals surface area contributed by atoms with Crippen molar-refractivity contribution in [2.75, 3.05) is 12.4 Å². The Labute approximate surface area is 106 Å². The number of hydrogen-bond donors (Lipinski definition) is 2. The molecule has 0 saturated heterocycles. The molecule has 2 N–H and O–H groups in total. The smallest absolute Gasteiger partial charge is 0.126 e. The van der Waals surface area contributed by atoms with Gasteiger partial charge < -0.3 is 10.2 Å². The van der Waals surface area contributed by atoms with Crippen molar-refractivity contribution in [3.05, 3.63) is 29.1 Å². The van der Waals surface area contributed by atoms with Crippen LogP contribution in [0, 0.1) is 18.7 Å². The lowest BCUT2D eigenvalue weighted by atomic mass is 10.1. The van der Waals surface area contributed by atoms with Gasteiger partial charge in [0.25, 0.3) is 0 Å². The van der Waals surface area contributed by atoms with E-state index in [-0.39, 0.29) is 18.3 Å². The summed E-state index contributed by atoms with van der Waals surface area (Å²) in [6.45, 7) is 5.42. The predicted molar refractivity (Wildman–Crippen MR) is 68.7 cm³/mol. The molecule has 2 unspecified atom stereocenters. The minimum absolute atomic E-state index is 0.136. The number of aliphatic hydroxyl groups excluding tert-OH is 2. The van der Waals surface area contributed by atoms with Gasteiger partial charge in [-0.25, -0.2) is 4.39 Å². The van der Waals surface area contributed by atoms with Crippen LogP contribution in [0.3, 0.4) is 0 Å². The van der Waals surface area contributed by atoms with Gasteiger partial charge >= 0.3 is 0 Å². The highest BCUT2D eigenvalue weighted by Crippen LogP contribution is 2.31. The fourth-order valence-corrected chi connectivity index (χ4v) is 2.63. The third kappa shape index (κ3) is 3.98. The normalized spacial score (nSPS) is 14.7. The van der Waals surface area contributed by atoms with Crippen LogP contribution in [-0.4, -0.2) is 22.6 Å². The molecule has 0 heterocycles. The molecule has 4 heteroatoms. The molecule has 17 heavy (non-hydrogen) atoms. The Bertz CT molecular complexity index is 380. The summed E-state index contributed by atoms with van der Waals surface area (Å²) in [5.41, 5.74) is 1.19. The molecule has 0 amide bonds. The highest BCUT2D eigenvalue weighted by molar-refractivity contribution is 7.99. The van der Waals surface area contributed by atoms with Crippen LogP contribution in [0.2, 0.25) is 0 Å². The standard InChI is InChI=1S/C13H19FO2S/c1-8(6-15)7-17-13-4-9(2)12(14)5-11(13)10(3)16/h4-5,8,10,15-16H,6-7H2,1-3H3. The van der Waals surface area contributed by atoms with E-state index in [2.05, 4.69) is 0 Å². The summed E-state index contributed by atoms with van der Waals surface area (Å²) < 4.78 is 13.4. The minimum Gasteiger partial charge on any atom is -0.396 e. The first-order chi connectivity index (χ1) is 7.95. The van der Waals surface area contributed by atoms with Crippen LogP contribution >= 0.6 is 11.8 Å². The van der Waals surface area contributed by atoms with Crippen LogP contribution in [0.5, 0.6) is 0 Å². The minimum atomic E-state index is -0.683. The average molecular weight is 258 g/mol. The number of benzene rings is 1. The molecule has 0 radical (unpaired) electrons. The van der Waals surface area contributed by atoms with Crippen LogP contribution in [0.15, 0.2) is 17.0 Å². The van der Waals surface area contributed by atoms with E-state index in [1.165, 1.54) is 6.07 Å². The van der Waals surface area contributed by atoms with Gasteiger partial charge in [0, 0.05) is 17.3 Å². The van der Waals surface area contributed by atoms with E-state index in [9.17, 15) is 9.50 Å². The van der Waals surface area contributed by atoms with E-state index < -0.39 is 6.10 Å². The maximum absolute atomic E-state index is 13.4. The number of thioether (sulfide) groups is 1. The van der Waals surface area contributed by atoms with Crippen molar-refractivity contribution in [2.45, 2.75) is 31.8 Å². The van der Waals surface area contributed by atoms with E-state index in [1.54, 1.807) is 31.7 Å². The van der Waals surface area contributed by atoms with Crippen LogP contribution < -0.4 is 0 Å². The Morgan fingerprint density at radius 2 is 2.00 bits per heavy atom. The van der Waals surface area contributed by atoms with Gasteiger partial charge in [-0.3, -0.25) is 0 Å². The molecule has 0 aliphatic carbocycles. The fraction of sp³-hybridized carbons (Fsp3) is 0.538. The number of hydrogen-bond acceptors (Lipinski definition) is 3. The lowest BCUT2D eigenvalue weighted by Gasteiger charge is -2.15. The Morgan fingerprint density at radius 1 is 1.35 bits per heavy atom. The summed E-state index contributed by atoms with van der Waals surface area (Å²) >= 11 is 1.54. The molecule has 96 valence electrons. The first-order valence-corrected chi connectivity index (χ1v) is 6.66. The third-order valence-corrected chi connectivity index (χ3v) is 3.98. The van der Waals surface area contributed by atoms with Crippen LogP contribution in [0.25, 0.3) is 0 Å². The van der Waals surface area contributed by atoms with Gasteiger partial charge in [0.1, 0.15) is 5.82 Å². The first kappa shape index (κ1) is 14.5. The van der Waals surface area contributed by atoms with Crippen molar-refractivity contribution in [3.63, 3.8) is 0 Å². The second kappa shape index (κ2) is 6.38. The summed E-state index contributed by atoms with van der Waals surface area (Å²) in [6.07, 6.45) is -0.683. The van der Waals surface area contributed by atoms with Crippen molar-refractivity contribution >= 4 is 11.8 Å². The average Bonchev–Trinajstić information content (AvgIpc) is 2.29. The Hall–Kier alpha value is -0.580. The van der Waals surface area contributed by atoms with Crippen LogP contribution in [0.1, 0.15) is 31.1 Å². The third-order valence-electron chi connectivity index (χ3n) is 2.58. The van der Waals surface area contributed by atoms with E-state index in [1.807, 2.05) is 6.92 Å². The summed E-state index contributed by atoms with van der Waals surface area (Å²) in [5.74, 6) is 0.647. The second-order valence-corrected chi connectivity index (χ2v) is 5.48. The van der Waals surface area contributed by atoms with Gasteiger partial charge in [-0.1, -0.05) is 6.92 Å². The van der Waals surface area contributed by atoms with Crippen molar-refractivity contribution in [2.24, 2.45) is 5.92 Å². The second-order valence-electron chi connectivity index (χ2n) is 4.41. The zero-order chi connectivity index (χ0) is 13.0. The number of rotatable bonds is 5. The molecule has 0 fully saturated rings. The predicted octanol–water partition coefficient (Wildman–Crippen LogP) is 2.91. The maximum atomic E-state index is 13.4. The zero-order valence-electron chi connectivity index (χ0n) is 10.4. The summed E-state index contributed by atoms with van der Waals surface area (Å²) in [5, 5.41) is 18.6. The molecule has 0 aliphatic rings. The summed E-state index contributed by atoms with van der Waals surface area (Å²) in [4.78, 5) is 0.888. The van der Waals surface area contributed by atoms with Crippen LogP contribution in [-0.2, 0) is 0 Å². The van der Waals surface area contributed by atoms with Gasteiger partial charge in [-0.05, 0) is 43.0 Å². The van der Waals surface area contributed by atoms with Crippen molar-refractivity contribution in [1.29, 1.82) is 0 Å². The quantitative estimate of drug-likeness (QED) is 0.798. The number of halogens is 1. The largest absolute Gasteiger partial charge is 0.396 e. The summed E-state index contributed by atoms with van der Waals surface area (Å²) in [6, 6.07) is 3.15. The molecule has 0 aromatic heterocycles. The highest BCUT2D eigenvalue weighted by atomic mass is 32.2. The van der Waals surface area contributed by atoms with E-state index in [4.69, 9.17) is 5.11 Å². The topological polar surface area (TPSA) is 40.5 Å². The van der Waals surface area contributed by atoms with Crippen molar-refractivity contribution in [3.8, 4) is 0 Å². The van der Waals surface area contributed by atoms with E-state index in [0.29, 0.717) is 11.1 Å². The molecular weight excluding hydrogens is 239 g/mol. The van der Waals surface area contributed by atoms with E-state index in [0.717, 1.165) is 10.6 Å². The fourth-order valence-electron chi connectivity index (χ4n) is 1.41. The summed E-state index contributed by atoms with van der Waals surface area (Å²) in [7, 11) is 0. The molecule has 1 aromatic rings. The number of aliphatic hydroxyl groups is 2. The van der Waals surface area contributed by atoms with Crippen molar-refractivity contribution in [1.82, 2.24) is 0 Å². The maximum Gasteiger partial charge on any atom is 0.126 e. The lowest BCUT2D eigenvalue weighted by molar-refractivity contribution is 0.196. The SMILES string of the molecule is Cc1cc(SCC(C)CO)c(C(C)O)cc1F. The zero-order valence-corrected chi connectivity index (χ0v) is 11.2. The molecule has 1 rings (SSSR count). The van der Waals surface area contributed by atoms with E-state index >= 15 is 0 Å². The molecular formula is C13H19FO2S. The van der Waals surface area contributed by atoms with Gasteiger partial charge in [0.15, 0.2) is 0 Å². The van der Waals surface area contributed by atoms with Gasteiger partial charge in [-0.15, -0.1) is 11.8 Å². The first-order valence-electron chi connectivity index (χ1n) is 5.67. The molecule has 0 spiro atoms. The molecule has 2 nitrogen and oxygen atoms in total. The molecule has 0 saturated carbocycles. The Kier molecular flexibility index (Phi) is 5.43. The molecule has 0 bridgehead atoms. The van der Waals surface area contributed by atoms with Gasteiger partial charge in [0.2, 0.25) is 0 Å². The van der Waals surface area contributed by atoms with Gasteiger partial charge in [-0.2, -0.15) is 0 Å². The monoisotopic (exact) mass is 258 g/mol. The van der Waals surface area contributed by atoms with Gasteiger partial charge in [0.05, 0.1) is 6.10 Å². The molecule has 1 aromatic carbocycles.